The van der Waals surface area contributed by atoms with Gasteiger partial charge < -0.3 is 19.7 Å². The van der Waals surface area contributed by atoms with E-state index in [1.165, 1.54) is 4.90 Å². The average Bonchev–Trinajstić information content (AvgIpc) is 2.83. The van der Waals surface area contributed by atoms with Gasteiger partial charge in [0, 0.05) is 36.1 Å². The second-order valence-electron chi connectivity index (χ2n) is 8.50. The minimum Gasteiger partial charge on any atom is -0.484 e. The summed E-state index contributed by atoms with van der Waals surface area (Å²) in [5.74, 6) is 0.247. The van der Waals surface area contributed by atoms with Crippen LogP contribution < -0.4 is 15.0 Å². The first-order chi connectivity index (χ1) is 16.3. The molecule has 2 atom stereocenters. The van der Waals surface area contributed by atoms with Crippen molar-refractivity contribution in [2.24, 2.45) is 0 Å². The number of likely N-dealkylation sites (tertiary alicyclic amines) is 1. The topological polar surface area (TPSA) is 88.2 Å². The molecule has 0 aromatic heterocycles. The second kappa shape index (κ2) is 11.5. The Kier molecular flexibility index (Phi) is 8.51. The SMILES string of the molecule is CCOC(=O)N(C)c1ccc(NC(=O)c2ccc(OCC(=O)N3C(C)CCCC3C)cc2)cc1. The maximum Gasteiger partial charge on any atom is 0.413 e. The van der Waals surface area contributed by atoms with Gasteiger partial charge >= 0.3 is 6.09 Å². The molecule has 0 spiro atoms. The van der Waals surface area contributed by atoms with E-state index >= 15 is 0 Å². The summed E-state index contributed by atoms with van der Waals surface area (Å²) >= 11 is 0. The van der Waals surface area contributed by atoms with Gasteiger partial charge in [-0.2, -0.15) is 0 Å². The molecule has 1 aliphatic rings. The first-order valence-corrected chi connectivity index (χ1v) is 11.7. The molecule has 8 nitrogen and oxygen atoms in total. The Balaban J connectivity index is 1.53. The third-order valence-corrected chi connectivity index (χ3v) is 6.01. The lowest BCUT2D eigenvalue weighted by Gasteiger charge is -2.38. The number of hydrogen-bond donors (Lipinski definition) is 1. The fourth-order valence-corrected chi connectivity index (χ4v) is 4.13. The van der Waals surface area contributed by atoms with Crippen molar-refractivity contribution in [1.29, 1.82) is 0 Å². The van der Waals surface area contributed by atoms with Crippen LogP contribution >= 0.6 is 0 Å². The van der Waals surface area contributed by atoms with Gasteiger partial charge in [0.15, 0.2) is 6.61 Å². The largest absolute Gasteiger partial charge is 0.484 e. The van der Waals surface area contributed by atoms with E-state index in [9.17, 15) is 14.4 Å². The highest BCUT2D eigenvalue weighted by Gasteiger charge is 2.29. The molecule has 1 aliphatic heterocycles. The zero-order valence-corrected chi connectivity index (χ0v) is 20.2. The van der Waals surface area contributed by atoms with Gasteiger partial charge in [-0.3, -0.25) is 14.5 Å². The summed E-state index contributed by atoms with van der Waals surface area (Å²) in [6.07, 6.45) is 2.74. The highest BCUT2D eigenvalue weighted by molar-refractivity contribution is 6.04. The Bertz CT molecular complexity index is 981. The van der Waals surface area contributed by atoms with Gasteiger partial charge in [-0.25, -0.2) is 4.79 Å². The van der Waals surface area contributed by atoms with Crippen LogP contribution in [0.4, 0.5) is 16.2 Å². The van der Waals surface area contributed by atoms with Crippen molar-refractivity contribution >= 4 is 29.3 Å². The number of rotatable bonds is 7. The lowest BCUT2D eigenvalue weighted by atomic mass is 9.97. The summed E-state index contributed by atoms with van der Waals surface area (Å²) in [4.78, 5) is 40.3. The second-order valence-corrected chi connectivity index (χ2v) is 8.50. The molecule has 1 fully saturated rings. The summed E-state index contributed by atoms with van der Waals surface area (Å²) < 4.78 is 10.7. The molecule has 0 radical (unpaired) electrons. The molecule has 3 rings (SSSR count). The summed E-state index contributed by atoms with van der Waals surface area (Å²) in [6.45, 7) is 6.18. The Labute approximate surface area is 200 Å². The Morgan fingerprint density at radius 2 is 1.62 bits per heavy atom. The summed E-state index contributed by atoms with van der Waals surface area (Å²) in [6, 6.07) is 14.0. The van der Waals surface area contributed by atoms with E-state index in [2.05, 4.69) is 19.2 Å². The van der Waals surface area contributed by atoms with E-state index in [1.807, 2.05) is 4.90 Å². The van der Waals surface area contributed by atoms with Gasteiger partial charge in [-0.1, -0.05) is 0 Å². The number of ether oxygens (including phenoxy) is 2. The molecule has 1 heterocycles. The van der Waals surface area contributed by atoms with Gasteiger partial charge in [-0.05, 0) is 88.6 Å². The summed E-state index contributed by atoms with van der Waals surface area (Å²) in [5, 5.41) is 2.83. The van der Waals surface area contributed by atoms with Crippen molar-refractivity contribution < 1.29 is 23.9 Å². The van der Waals surface area contributed by atoms with Gasteiger partial charge in [0.25, 0.3) is 11.8 Å². The van der Waals surface area contributed by atoms with E-state index in [-0.39, 0.29) is 30.5 Å². The highest BCUT2D eigenvalue weighted by atomic mass is 16.6. The molecule has 0 aliphatic carbocycles. The fraction of sp³-hybridized carbons (Fsp3) is 0.423. The van der Waals surface area contributed by atoms with Gasteiger partial charge in [0.1, 0.15) is 5.75 Å². The molecule has 1 N–H and O–H groups in total. The summed E-state index contributed by atoms with van der Waals surface area (Å²) in [7, 11) is 1.62. The number of nitrogens with zero attached hydrogens (tertiary/aromatic N) is 2. The molecule has 0 bridgehead atoms. The van der Waals surface area contributed by atoms with Crippen LogP contribution in [-0.2, 0) is 9.53 Å². The lowest BCUT2D eigenvalue weighted by Crippen LogP contribution is -2.49. The van der Waals surface area contributed by atoms with E-state index in [0.717, 1.165) is 19.3 Å². The summed E-state index contributed by atoms with van der Waals surface area (Å²) in [5.41, 5.74) is 1.72. The van der Waals surface area contributed by atoms with Crippen LogP contribution in [-0.4, -0.2) is 55.2 Å². The number of piperidine rings is 1. The molecule has 3 amide bonds. The van der Waals surface area contributed by atoms with Crippen molar-refractivity contribution in [2.75, 3.05) is 30.5 Å². The zero-order valence-electron chi connectivity index (χ0n) is 20.2. The van der Waals surface area contributed by atoms with Crippen LogP contribution in [0.15, 0.2) is 48.5 Å². The number of benzene rings is 2. The van der Waals surface area contributed by atoms with Crippen molar-refractivity contribution in [3.05, 3.63) is 54.1 Å². The number of carbonyl (C=O) groups excluding carboxylic acids is 3. The Morgan fingerprint density at radius 1 is 1.00 bits per heavy atom. The van der Waals surface area contributed by atoms with Crippen LogP contribution in [0.5, 0.6) is 5.75 Å². The maximum atomic E-state index is 12.6. The molecular weight excluding hydrogens is 434 g/mol. The maximum absolute atomic E-state index is 12.6. The first kappa shape index (κ1) is 25.1. The average molecular weight is 468 g/mol. The zero-order chi connectivity index (χ0) is 24.7. The highest BCUT2D eigenvalue weighted by Crippen LogP contribution is 2.23. The third-order valence-electron chi connectivity index (χ3n) is 6.01. The smallest absolute Gasteiger partial charge is 0.413 e. The normalized spacial score (nSPS) is 17.6. The van der Waals surface area contributed by atoms with E-state index in [0.29, 0.717) is 29.3 Å². The van der Waals surface area contributed by atoms with E-state index < -0.39 is 6.09 Å². The Morgan fingerprint density at radius 3 is 2.21 bits per heavy atom. The van der Waals surface area contributed by atoms with Crippen molar-refractivity contribution in [2.45, 2.75) is 52.1 Å². The Hall–Kier alpha value is -3.55. The molecule has 1 saturated heterocycles. The molecule has 2 aromatic carbocycles. The van der Waals surface area contributed by atoms with Crippen LogP contribution in [0.25, 0.3) is 0 Å². The molecule has 34 heavy (non-hydrogen) atoms. The van der Waals surface area contributed by atoms with Gasteiger partial charge in [-0.15, -0.1) is 0 Å². The monoisotopic (exact) mass is 467 g/mol. The first-order valence-electron chi connectivity index (χ1n) is 11.7. The van der Waals surface area contributed by atoms with Crippen LogP contribution in [0.2, 0.25) is 0 Å². The van der Waals surface area contributed by atoms with Crippen LogP contribution in [0, 0.1) is 0 Å². The number of hydrogen-bond acceptors (Lipinski definition) is 5. The molecule has 182 valence electrons. The predicted molar refractivity (Wildman–Crippen MR) is 131 cm³/mol. The molecule has 2 unspecified atom stereocenters. The predicted octanol–water partition coefficient (Wildman–Crippen LogP) is 4.70. The standard InChI is InChI=1S/C26H33N3O5/c1-5-33-26(32)28(4)22-13-11-21(12-14-22)27-25(31)20-9-15-23(16-10-20)34-17-24(30)29-18(2)7-6-8-19(29)3/h9-16,18-19H,5-8,17H2,1-4H3,(H,27,31). The van der Waals surface area contributed by atoms with Crippen molar-refractivity contribution in [3.63, 3.8) is 0 Å². The van der Waals surface area contributed by atoms with Gasteiger partial charge in [0.05, 0.1) is 6.61 Å². The molecule has 2 aromatic rings. The van der Waals surface area contributed by atoms with Crippen molar-refractivity contribution in [1.82, 2.24) is 4.90 Å². The van der Waals surface area contributed by atoms with E-state index in [4.69, 9.17) is 9.47 Å². The fourth-order valence-electron chi connectivity index (χ4n) is 4.13. The molecular formula is C26H33N3O5. The number of carbonyl (C=O) groups is 3. The number of nitrogens with one attached hydrogen (secondary N) is 1. The van der Waals surface area contributed by atoms with Gasteiger partial charge in [0.2, 0.25) is 0 Å². The third kappa shape index (κ3) is 6.27. The lowest BCUT2D eigenvalue weighted by molar-refractivity contribution is -0.139. The number of amides is 3. The van der Waals surface area contributed by atoms with Crippen LogP contribution in [0.3, 0.4) is 0 Å². The van der Waals surface area contributed by atoms with Crippen LogP contribution in [0.1, 0.15) is 50.4 Å². The minimum absolute atomic E-state index is 0.0152. The molecule has 0 saturated carbocycles. The quantitative estimate of drug-likeness (QED) is 0.638. The molecule has 8 heteroatoms. The minimum atomic E-state index is -0.441. The van der Waals surface area contributed by atoms with E-state index in [1.54, 1.807) is 62.5 Å². The van der Waals surface area contributed by atoms with Crippen molar-refractivity contribution in [3.8, 4) is 5.75 Å². The number of anilines is 2.